The summed E-state index contributed by atoms with van der Waals surface area (Å²) >= 11 is 15.2. The van der Waals surface area contributed by atoms with Crippen LogP contribution in [-0.4, -0.2) is 13.0 Å². The Hall–Kier alpha value is -1.49. The van der Waals surface area contributed by atoms with E-state index in [-0.39, 0.29) is 5.91 Å². The quantitative estimate of drug-likeness (QED) is 0.696. The van der Waals surface area contributed by atoms with Crippen LogP contribution in [0.5, 0.6) is 5.75 Å². The van der Waals surface area contributed by atoms with E-state index in [2.05, 4.69) is 21.2 Å². The number of ether oxygens (including phenoxy) is 1. The van der Waals surface area contributed by atoms with Crippen LogP contribution in [0, 0.1) is 0 Å². The molecule has 0 radical (unpaired) electrons. The third-order valence-corrected chi connectivity index (χ3v) is 3.84. The number of methoxy groups -OCH3 is 1. The zero-order valence-corrected chi connectivity index (χ0v) is 14.7. The Balaban J connectivity index is 2.13. The number of carbonyl (C=O) groups is 1. The van der Waals surface area contributed by atoms with Gasteiger partial charge in [-0.25, -0.2) is 0 Å². The number of amides is 1. The van der Waals surface area contributed by atoms with Crippen molar-refractivity contribution in [2.45, 2.75) is 0 Å². The van der Waals surface area contributed by atoms with Gasteiger partial charge < -0.3 is 10.1 Å². The van der Waals surface area contributed by atoms with Gasteiger partial charge in [0.15, 0.2) is 0 Å². The lowest BCUT2D eigenvalue weighted by Gasteiger charge is -2.06. The molecule has 0 heterocycles. The first-order chi connectivity index (χ1) is 10.5. The molecule has 0 unspecified atom stereocenters. The molecule has 2 rings (SSSR count). The van der Waals surface area contributed by atoms with Gasteiger partial charge >= 0.3 is 0 Å². The van der Waals surface area contributed by atoms with Crippen LogP contribution in [0.25, 0.3) is 6.08 Å². The minimum absolute atomic E-state index is 0.300. The zero-order chi connectivity index (χ0) is 16.1. The second-order valence-electron chi connectivity index (χ2n) is 4.33. The molecule has 1 N–H and O–H groups in total. The van der Waals surface area contributed by atoms with Crippen molar-refractivity contribution < 1.29 is 9.53 Å². The van der Waals surface area contributed by atoms with Gasteiger partial charge in [-0.05, 0) is 42.5 Å². The third-order valence-electron chi connectivity index (χ3n) is 2.80. The predicted molar refractivity (Wildman–Crippen MR) is 94.8 cm³/mol. The number of carbonyl (C=O) groups excluding carboxylic acids is 1. The maximum Gasteiger partial charge on any atom is 0.248 e. The van der Waals surface area contributed by atoms with Gasteiger partial charge in [0.1, 0.15) is 5.75 Å². The summed E-state index contributed by atoms with van der Waals surface area (Å²) < 4.78 is 6.14. The van der Waals surface area contributed by atoms with Crippen molar-refractivity contribution in [2.75, 3.05) is 12.4 Å². The lowest BCUT2D eigenvalue weighted by atomic mass is 10.2. The van der Waals surface area contributed by atoms with E-state index in [4.69, 9.17) is 27.9 Å². The molecule has 0 aromatic heterocycles. The largest absolute Gasteiger partial charge is 0.496 e. The van der Waals surface area contributed by atoms with Crippen molar-refractivity contribution in [3.8, 4) is 5.75 Å². The molecule has 0 spiro atoms. The zero-order valence-electron chi connectivity index (χ0n) is 11.6. The maximum atomic E-state index is 12.0. The van der Waals surface area contributed by atoms with Crippen molar-refractivity contribution >= 4 is 56.8 Å². The highest BCUT2D eigenvalue weighted by Crippen LogP contribution is 2.26. The number of rotatable bonds is 4. The highest BCUT2D eigenvalue weighted by molar-refractivity contribution is 9.10. The molecule has 6 heteroatoms. The Bertz CT molecular complexity index is 732. The summed E-state index contributed by atoms with van der Waals surface area (Å²) in [6.45, 7) is 0. The monoisotopic (exact) mass is 399 g/mol. The van der Waals surface area contributed by atoms with Crippen LogP contribution in [0.4, 0.5) is 5.69 Å². The van der Waals surface area contributed by atoms with E-state index >= 15 is 0 Å². The number of anilines is 1. The number of nitrogens with one attached hydrogen (secondary N) is 1. The molecule has 0 aliphatic carbocycles. The Kier molecular flexibility index (Phi) is 5.89. The van der Waals surface area contributed by atoms with E-state index in [1.165, 1.54) is 6.08 Å². The molecule has 0 saturated heterocycles. The van der Waals surface area contributed by atoms with E-state index < -0.39 is 0 Å². The van der Waals surface area contributed by atoms with Gasteiger partial charge in [0, 0.05) is 21.1 Å². The van der Waals surface area contributed by atoms with Gasteiger partial charge in [0.05, 0.1) is 17.8 Å². The van der Waals surface area contributed by atoms with Crippen LogP contribution in [-0.2, 0) is 4.79 Å². The summed E-state index contributed by atoms with van der Waals surface area (Å²) in [5.74, 6) is 0.378. The lowest BCUT2D eigenvalue weighted by Crippen LogP contribution is -2.08. The maximum absolute atomic E-state index is 12.0. The van der Waals surface area contributed by atoms with Crippen molar-refractivity contribution in [1.82, 2.24) is 0 Å². The molecule has 0 aliphatic heterocycles. The van der Waals surface area contributed by atoms with Gasteiger partial charge in [-0.3, -0.25) is 4.79 Å². The van der Waals surface area contributed by atoms with Crippen LogP contribution in [0.15, 0.2) is 46.9 Å². The summed E-state index contributed by atoms with van der Waals surface area (Å²) in [7, 11) is 1.58. The molecule has 22 heavy (non-hydrogen) atoms. The van der Waals surface area contributed by atoms with Crippen LogP contribution < -0.4 is 10.1 Å². The third kappa shape index (κ3) is 4.50. The first-order valence-corrected chi connectivity index (χ1v) is 7.82. The summed E-state index contributed by atoms with van der Waals surface area (Å²) in [5, 5.41) is 3.59. The topological polar surface area (TPSA) is 38.3 Å². The first kappa shape index (κ1) is 16.9. The predicted octanol–water partition coefficient (Wildman–Crippen LogP) is 5.42. The molecular formula is C16H12BrCl2NO2. The molecule has 0 saturated carbocycles. The molecule has 3 nitrogen and oxygen atoms in total. The summed E-state index contributed by atoms with van der Waals surface area (Å²) in [5.41, 5.74) is 1.29. The normalized spacial score (nSPS) is 10.7. The Labute approximate surface area is 147 Å². The van der Waals surface area contributed by atoms with Crippen molar-refractivity contribution in [3.63, 3.8) is 0 Å². The van der Waals surface area contributed by atoms with Crippen molar-refractivity contribution in [2.24, 2.45) is 0 Å². The fraction of sp³-hybridized carbons (Fsp3) is 0.0625. The van der Waals surface area contributed by atoms with E-state index in [0.717, 1.165) is 10.0 Å². The minimum atomic E-state index is -0.300. The minimum Gasteiger partial charge on any atom is -0.496 e. The lowest BCUT2D eigenvalue weighted by molar-refractivity contribution is -0.111. The highest BCUT2D eigenvalue weighted by Gasteiger charge is 2.05. The first-order valence-electron chi connectivity index (χ1n) is 6.27. The number of benzene rings is 2. The Morgan fingerprint density at radius 2 is 2.00 bits per heavy atom. The Morgan fingerprint density at radius 3 is 2.68 bits per heavy atom. The van der Waals surface area contributed by atoms with Crippen molar-refractivity contribution in [1.29, 1.82) is 0 Å². The summed E-state index contributed by atoms with van der Waals surface area (Å²) in [4.78, 5) is 12.0. The average molecular weight is 401 g/mol. The van der Waals surface area contributed by atoms with E-state index in [0.29, 0.717) is 21.5 Å². The van der Waals surface area contributed by atoms with Crippen molar-refractivity contribution in [3.05, 3.63) is 62.6 Å². The van der Waals surface area contributed by atoms with Gasteiger partial charge in [-0.1, -0.05) is 39.1 Å². The smallest absolute Gasteiger partial charge is 0.248 e. The average Bonchev–Trinajstić information content (AvgIpc) is 2.48. The summed E-state index contributed by atoms with van der Waals surface area (Å²) in [6.07, 6.45) is 3.08. The molecule has 0 atom stereocenters. The SMILES string of the molecule is COc1ccc(Br)cc1/C=C/C(=O)Nc1ccc(Cl)cc1Cl. The molecule has 1 amide bonds. The number of halogens is 3. The molecule has 2 aromatic rings. The van der Waals surface area contributed by atoms with E-state index in [9.17, 15) is 4.79 Å². The molecule has 2 aromatic carbocycles. The van der Waals surface area contributed by atoms with Crippen LogP contribution in [0.2, 0.25) is 10.0 Å². The number of hydrogen-bond donors (Lipinski definition) is 1. The van der Waals surface area contributed by atoms with Gasteiger partial charge in [0.2, 0.25) is 5.91 Å². The summed E-state index contributed by atoms with van der Waals surface area (Å²) in [6, 6.07) is 10.4. The Morgan fingerprint density at radius 1 is 1.23 bits per heavy atom. The number of hydrogen-bond acceptors (Lipinski definition) is 2. The van der Waals surface area contributed by atoms with Crippen LogP contribution in [0.1, 0.15) is 5.56 Å². The van der Waals surface area contributed by atoms with E-state index in [1.807, 2.05) is 18.2 Å². The molecule has 114 valence electrons. The van der Waals surface area contributed by atoms with Gasteiger partial charge in [0.25, 0.3) is 0 Å². The molecule has 0 fully saturated rings. The van der Waals surface area contributed by atoms with Gasteiger partial charge in [-0.2, -0.15) is 0 Å². The standard InChI is InChI=1S/C16H12BrCl2NO2/c1-22-15-6-3-11(17)8-10(15)2-7-16(21)20-14-5-4-12(18)9-13(14)19/h2-9H,1H3,(H,20,21)/b7-2+. The highest BCUT2D eigenvalue weighted by atomic mass is 79.9. The fourth-order valence-electron chi connectivity index (χ4n) is 1.77. The molecule has 0 bridgehead atoms. The second kappa shape index (κ2) is 7.68. The van der Waals surface area contributed by atoms with E-state index in [1.54, 1.807) is 31.4 Å². The molecular weight excluding hydrogens is 389 g/mol. The van der Waals surface area contributed by atoms with Crippen LogP contribution >= 0.6 is 39.1 Å². The molecule has 0 aliphatic rings. The fourth-order valence-corrected chi connectivity index (χ4v) is 2.60. The second-order valence-corrected chi connectivity index (χ2v) is 6.09. The van der Waals surface area contributed by atoms with Gasteiger partial charge in [-0.15, -0.1) is 0 Å². The van der Waals surface area contributed by atoms with Crippen LogP contribution in [0.3, 0.4) is 0 Å².